The third-order valence-electron chi connectivity index (χ3n) is 3.00. The number of thioether (sulfide) groups is 1. The summed E-state index contributed by atoms with van der Waals surface area (Å²) in [6.45, 7) is 3.97. The van der Waals surface area contributed by atoms with Gasteiger partial charge in [-0.05, 0) is 25.5 Å². The third kappa shape index (κ3) is 2.70. The number of carboxylic acids is 1. The first-order valence-corrected chi connectivity index (χ1v) is 6.80. The molecule has 1 fully saturated rings. The van der Waals surface area contributed by atoms with E-state index in [0.717, 1.165) is 17.9 Å². The van der Waals surface area contributed by atoms with E-state index in [2.05, 4.69) is 12.2 Å². The molecule has 0 radical (unpaired) electrons. The minimum atomic E-state index is -1.13. The molecule has 2 N–H and O–H groups in total. The second kappa shape index (κ2) is 5.57. The van der Waals surface area contributed by atoms with Gasteiger partial charge in [-0.2, -0.15) is 11.8 Å². The molecule has 0 aromatic heterocycles. The number of hydrogen-bond donors (Lipinski definition) is 2. The van der Waals surface area contributed by atoms with E-state index in [1.54, 1.807) is 11.8 Å². The summed E-state index contributed by atoms with van der Waals surface area (Å²) in [6, 6.07) is 0.0364. The zero-order valence-corrected chi connectivity index (χ0v) is 10.6. The van der Waals surface area contributed by atoms with Gasteiger partial charge in [0.2, 0.25) is 5.91 Å². The lowest BCUT2D eigenvalue weighted by molar-refractivity contribution is -0.162. The highest BCUT2D eigenvalue weighted by molar-refractivity contribution is 7.99. The average molecular weight is 245 g/mol. The molecular weight excluding hydrogens is 226 g/mol. The van der Waals surface area contributed by atoms with Gasteiger partial charge in [-0.1, -0.05) is 13.3 Å². The fourth-order valence-electron chi connectivity index (χ4n) is 1.77. The van der Waals surface area contributed by atoms with Crippen LogP contribution in [0.25, 0.3) is 0 Å². The van der Waals surface area contributed by atoms with Crippen molar-refractivity contribution in [3.8, 4) is 0 Å². The molecule has 1 rings (SSSR count). The maximum Gasteiger partial charge on any atom is 0.319 e. The van der Waals surface area contributed by atoms with Gasteiger partial charge in [-0.3, -0.25) is 9.59 Å². The smallest absolute Gasteiger partial charge is 0.319 e. The monoisotopic (exact) mass is 245 g/mol. The van der Waals surface area contributed by atoms with Crippen LogP contribution in [0.2, 0.25) is 0 Å². The van der Waals surface area contributed by atoms with Crippen molar-refractivity contribution in [1.82, 2.24) is 5.32 Å². The van der Waals surface area contributed by atoms with Gasteiger partial charge in [0.25, 0.3) is 0 Å². The number of carboxylic acid groups (broad SMARTS) is 1. The number of carbonyl (C=O) groups is 2. The lowest BCUT2D eigenvalue weighted by atomic mass is 9.68. The van der Waals surface area contributed by atoms with Crippen LogP contribution in [-0.2, 0) is 9.59 Å². The topological polar surface area (TPSA) is 66.4 Å². The Morgan fingerprint density at radius 1 is 1.50 bits per heavy atom. The van der Waals surface area contributed by atoms with E-state index in [1.807, 2.05) is 6.92 Å². The lowest BCUT2D eigenvalue weighted by Gasteiger charge is -2.36. The van der Waals surface area contributed by atoms with E-state index in [1.165, 1.54) is 0 Å². The van der Waals surface area contributed by atoms with Gasteiger partial charge in [0, 0.05) is 11.8 Å². The summed E-state index contributed by atoms with van der Waals surface area (Å²) in [7, 11) is 0. The number of aliphatic carboxylic acids is 1. The molecule has 0 bridgehead atoms. The van der Waals surface area contributed by atoms with E-state index in [-0.39, 0.29) is 11.9 Å². The largest absolute Gasteiger partial charge is 0.480 e. The maximum absolute atomic E-state index is 11.9. The third-order valence-corrected chi connectivity index (χ3v) is 4.14. The van der Waals surface area contributed by atoms with E-state index in [0.29, 0.717) is 12.8 Å². The molecule has 4 nitrogen and oxygen atoms in total. The molecule has 0 heterocycles. The molecule has 5 heteroatoms. The number of carbonyl (C=O) groups excluding carboxylic acids is 1. The Kier molecular flexibility index (Phi) is 4.65. The van der Waals surface area contributed by atoms with Gasteiger partial charge in [0.05, 0.1) is 0 Å². The molecule has 1 aliphatic carbocycles. The first-order valence-electron chi connectivity index (χ1n) is 5.65. The quantitative estimate of drug-likeness (QED) is 0.696. The van der Waals surface area contributed by atoms with Gasteiger partial charge in [0.15, 0.2) is 0 Å². The zero-order chi connectivity index (χ0) is 12.2. The molecule has 1 amide bonds. The number of rotatable bonds is 6. The van der Waals surface area contributed by atoms with Gasteiger partial charge >= 0.3 is 5.97 Å². The summed E-state index contributed by atoms with van der Waals surface area (Å²) in [5, 5.41) is 11.9. The van der Waals surface area contributed by atoms with E-state index < -0.39 is 11.4 Å². The Labute approximate surface area is 100 Å². The molecule has 0 aromatic rings. The predicted molar refractivity (Wildman–Crippen MR) is 64.5 cm³/mol. The van der Waals surface area contributed by atoms with Crippen LogP contribution in [0.3, 0.4) is 0 Å². The van der Waals surface area contributed by atoms with E-state index >= 15 is 0 Å². The average Bonchev–Trinajstić information content (AvgIpc) is 2.11. The highest BCUT2D eigenvalue weighted by atomic mass is 32.2. The summed E-state index contributed by atoms with van der Waals surface area (Å²) in [5.41, 5.74) is -1.13. The number of amides is 1. The summed E-state index contributed by atoms with van der Waals surface area (Å²) in [4.78, 5) is 22.9. The van der Waals surface area contributed by atoms with Gasteiger partial charge in [-0.25, -0.2) is 0 Å². The van der Waals surface area contributed by atoms with Crippen molar-refractivity contribution in [2.45, 2.75) is 39.2 Å². The lowest BCUT2D eigenvalue weighted by Crippen LogP contribution is -2.53. The van der Waals surface area contributed by atoms with Crippen LogP contribution in [-0.4, -0.2) is 34.5 Å². The standard InChI is InChI=1S/C11H19NO3S/c1-3-16-7-8(2)12-9(13)11(10(14)15)5-4-6-11/h8H,3-7H2,1-2H3,(H,12,13)(H,14,15). The molecule has 0 saturated heterocycles. The fraction of sp³-hybridized carbons (Fsp3) is 0.818. The molecule has 1 unspecified atom stereocenters. The van der Waals surface area contributed by atoms with E-state index in [4.69, 9.17) is 5.11 Å². The minimum absolute atomic E-state index is 0.0364. The van der Waals surface area contributed by atoms with Crippen LogP contribution >= 0.6 is 11.8 Å². The van der Waals surface area contributed by atoms with Crippen LogP contribution < -0.4 is 5.32 Å². The highest BCUT2D eigenvalue weighted by Crippen LogP contribution is 2.41. The minimum Gasteiger partial charge on any atom is -0.480 e. The maximum atomic E-state index is 11.9. The fourth-order valence-corrected chi connectivity index (χ4v) is 2.44. The number of nitrogens with one attached hydrogen (secondary N) is 1. The van der Waals surface area contributed by atoms with Crippen molar-refractivity contribution in [3.05, 3.63) is 0 Å². The Morgan fingerprint density at radius 3 is 2.50 bits per heavy atom. The van der Waals surface area contributed by atoms with E-state index in [9.17, 15) is 9.59 Å². The van der Waals surface area contributed by atoms with Crippen LogP contribution in [0.1, 0.15) is 33.1 Å². The Bertz CT molecular complexity index is 276. The summed E-state index contributed by atoms with van der Waals surface area (Å²) >= 11 is 1.74. The van der Waals surface area contributed by atoms with Crippen molar-refractivity contribution < 1.29 is 14.7 Å². The summed E-state index contributed by atoms with van der Waals surface area (Å²) in [5.74, 6) is 0.546. The van der Waals surface area contributed by atoms with Crippen molar-refractivity contribution in [2.75, 3.05) is 11.5 Å². The molecule has 1 atom stereocenters. The summed E-state index contributed by atoms with van der Waals surface area (Å²) < 4.78 is 0. The normalized spacial score (nSPS) is 19.6. The molecule has 16 heavy (non-hydrogen) atoms. The second-order valence-electron chi connectivity index (χ2n) is 4.27. The van der Waals surface area contributed by atoms with Crippen LogP contribution in [0.4, 0.5) is 0 Å². The van der Waals surface area contributed by atoms with Gasteiger partial charge in [-0.15, -0.1) is 0 Å². The molecule has 0 aromatic carbocycles. The van der Waals surface area contributed by atoms with Crippen molar-refractivity contribution >= 4 is 23.6 Å². The molecule has 1 aliphatic rings. The Balaban J connectivity index is 2.47. The molecule has 1 saturated carbocycles. The van der Waals surface area contributed by atoms with Crippen molar-refractivity contribution in [2.24, 2.45) is 5.41 Å². The first-order chi connectivity index (χ1) is 7.53. The van der Waals surface area contributed by atoms with Gasteiger partial charge < -0.3 is 10.4 Å². The molecule has 0 spiro atoms. The zero-order valence-electron chi connectivity index (χ0n) is 9.78. The Hall–Kier alpha value is -0.710. The number of hydrogen-bond acceptors (Lipinski definition) is 3. The summed E-state index contributed by atoms with van der Waals surface area (Å²) in [6.07, 6.45) is 1.78. The Morgan fingerprint density at radius 2 is 2.12 bits per heavy atom. The van der Waals surface area contributed by atoms with Crippen LogP contribution in [0.5, 0.6) is 0 Å². The predicted octanol–water partition coefficient (Wildman–Crippen LogP) is 1.50. The first kappa shape index (κ1) is 13.4. The van der Waals surface area contributed by atoms with Gasteiger partial charge in [0.1, 0.15) is 5.41 Å². The second-order valence-corrected chi connectivity index (χ2v) is 5.59. The molecule has 0 aliphatic heterocycles. The highest BCUT2D eigenvalue weighted by Gasteiger charge is 2.51. The molecular formula is C11H19NO3S. The van der Waals surface area contributed by atoms with Crippen molar-refractivity contribution in [1.29, 1.82) is 0 Å². The van der Waals surface area contributed by atoms with Crippen LogP contribution in [0.15, 0.2) is 0 Å². The van der Waals surface area contributed by atoms with Crippen LogP contribution in [0, 0.1) is 5.41 Å². The SMILES string of the molecule is CCSCC(C)NC(=O)C1(C(=O)O)CCC1. The van der Waals surface area contributed by atoms with Crippen molar-refractivity contribution in [3.63, 3.8) is 0 Å². The molecule has 92 valence electrons.